The van der Waals surface area contributed by atoms with Gasteiger partial charge in [0.2, 0.25) is 10.0 Å². The molecule has 1 unspecified atom stereocenters. The van der Waals surface area contributed by atoms with Gasteiger partial charge in [0.05, 0.1) is 11.0 Å². The van der Waals surface area contributed by atoms with E-state index in [1.165, 1.54) is 26.1 Å². The minimum Gasteiger partial charge on any atom is -0.393 e. The van der Waals surface area contributed by atoms with E-state index in [-0.39, 0.29) is 11.4 Å². The smallest absolute Gasteiger partial charge is 0.242 e. The summed E-state index contributed by atoms with van der Waals surface area (Å²) < 4.78 is 38.5. The van der Waals surface area contributed by atoms with Gasteiger partial charge < -0.3 is 5.11 Å². The molecule has 0 fully saturated rings. The van der Waals surface area contributed by atoms with Gasteiger partial charge in [-0.05, 0) is 44.0 Å². The molecule has 0 aliphatic rings. The van der Waals surface area contributed by atoms with Crippen LogP contribution in [0.4, 0.5) is 4.39 Å². The van der Waals surface area contributed by atoms with Crippen LogP contribution in [0.1, 0.15) is 18.9 Å². The lowest BCUT2D eigenvalue weighted by molar-refractivity contribution is 0.177. The standard InChI is InChI=1S/C12H18FNO3S/c1-9-8-11(4-5-12(9)13)18(16,17)14(3)7-6-10(2)15/h4-5,8,10,15H,6-7H2,1-3H3. The number of aliphatic hydroxyl groups excluding tert-OH is 1. The highest BCUT2D eigenvalue weighted by molar-refractivity contribution is 7.89. The summed E-state index contributed by atoms with van der Waals surface area (Å²) in [5.41, 5.74) is 0.292. The Morgan fingerprint density at radius 3 is 2.56 bits per heavy atom. The number of rotatable bonds is 5. The van der Waals surface area contributed by atoms with Crippen LogP contribution in [-0.2, 0) is 10.0 Å². The lowest BCUT2D eigenvalue weighted by Gasteiger charge is -2.18. The predicted molar refractivity (Wildman–Crippen MR) is 67.3 cm³/mol. The maximum Gasteiger partial charge on any atom is 0.242 e. The topological polar surface area (TPSA) is 57.6 Å². The zero-order valence-corrected chi connectivity index (χ0v) is 11.5. The lowest BCUT2D eigenvalue weighted by Crippen LogP contribution is -2.29. The quantitative estimate of drug-likeness (QED) is 0.886. The first-order chi connectivity index (χ1) is 8.25. The lowest BCUT2D eigenvalue weighted by atomic mass is 10.2. The van der Waals surface area contributed by atoms with Gasteiger partial charge >= 0.3 is 0 Å². The van der Waals surface area contributed by atoms with Crippen molar-refractivity contribution in [2.24, 2.45) is 0 Å². The van der Waals surface area contributed by atoms with E-state index in [2.05, 4.69) is 0 Å². The molecule has 0 spiro atoms. The van der Waals surface area contributed by atoms with E-state index in [1.807, 2.05) is 0 Å². The maximum absolute atomic E-state index is 13.1. The molecule has 1 aromatic carbocycles. The molecule has 0 amide bonds. The van der Waals surface area contributed by atoms with Gasteiger partial charge in [-0.3, -0.25) is 0 Å². The number of aliphatic hydroxyl groups is 1. The van der Waals surface area contributed by atoms with Crippen molar-refractivity contribution in [1.82, 2.24) is 4.31 Å². The molecule has 0 saturated carbocycles. The van der Waals surface area contributed by atoms with E-state index >= 15 is 0 Å². The fourth-order valence-corrected chi connectivity index (χ4v) is 2.72. The number of nitrogens with zero attached hydrogens (tertiary/aromatic N) is 1. The zero-order valence-electron chi connectivity index (χ0n) is 10.7. The summed E-state index contributed by atoms with van der Waals surface area (Å²) in [4.78, 5) is 0.0643. The minimum atomic E-state index is -3.62. The van der Waals surface area contributed by atoms with Crippen LogP contribution in [0.5, 0.6) is 0 Å². The molecule has 1 atom stereocenters. The molecule has 0 saturated heterocycles. The van der Waals surface area contributed by atoms with E-state index in [1.54, 1.807) is 6.92 Å². The molecule has 6 heteroatoms. The van der Waals surface area contributed by atoms with E-state index in [0.29, 0.717) is 12.0 Å². The monoisotopic (exact) mass is 275 g/mol. The molecule has 0 heterocycles. The molecule has 4 nitrogen and oxygen atoms in total. The molecule has 0 bridgehead atoms. The molecule has 0 aromatic heterocycles. The Hall–Kier alpha value is -0.980. The Labute approximate surface area is 107 Å². The number of benzene rings is 1. The van der Waals surface area contributed by atoms with Crippen molar-refractivity contribution in [2.75, 3.05) is 13.6 Å². The van der Waals surface area contributed by atoms with Crippen molar-refractivity contribution < 1.29 is 17.9 Å². The van der Waals surface area contributed by atoms with Crippen molar-refractivity contribution in [1.29, 1.82) is 0 Å². The first-order valence-electron chi connectivity index (χ1n) is 5.65. The minimum absolute atomic E-state index is 0.0643. The number of hydrogen-bond acceptors (Lipinski definition) is 3. The maximum atomic E-state index is 13.1. The van der Waals surface area contributed by atoms with Gasteiger partial charge in [0, 0.05) is 13.6 Å². The Kier molecular flexibility index (Phi) is 4.84. The van der Waals surface area contributed by atoms with Gasteiger partial charge in [0.15, 0.2) is 0 Å². The number of aryl methyl sites for hydroxylation is 1. The summed E-state index contributed by atoms with van der Waals surface area (Å²) in [7, 11) is -2.18. The molecule has 0 radical (unpaired) electrons. The van der Waals surface area contributed by atoms with Gasteiger partial charge in [0.1, 0.15) is 5.82 Å². The largest absolute Gasteiger partial charge is 0.393 e. The van der Waals surface area contributed by atoms with Crippen molar-refractivity contribution >= 4 is 10.0 Å². The van der Waals surface area contributed by atoms with E-state index < -0.39 is 21.9 Å². The summed E-state index contributed by atoms with van der Waals surface area (Å²) in [5, 5.41) is 9.15. The predicted octanol–water partition coefficient (Wildman–Crippen LogP) is 1.53. The van der Waals surface area contributed by atoms with Crippen LogP contribution in [-0.4, -0.2) is 37.5 Å². The van der Waals surface area contributed by atoms with Gasteiger partial charge in [-0.2, -0.15) is 0 Å². The third-order valence-corrected chi connectivity index (χ3v) is 4.55. The summed E-state index contributed by atoms with van der Waals surface area (Å²) in [6.45, 7) is 3.34. The zero-order chi connectivity index (χ0) is 13.9. The second kappa shape index (κ2) is 5.77. The van der Waals surface area contributed by atoms with Gasteiger partial charge in [-0.15, -0.1) is 0 Å². The molecule has 1 aromatic rings. The third kappa shape index (κ3) is 3.51. The Bertz CT molecular complexity index is 514. The van der Waals surface area contributed by atoms with Crippen LogP contribution >= 0.6 is 0 Å². The van der Waals surface area contributed by atoms with Crippen LogP contribution in [0.15, 0.2) is 23.1 Å². The molecule has 0 aliphatic heterocycles. The number of sulfonamides is 1. The molecule has 0 aliphatic carbocycles. The molecule has 18 heavy (non-hydrogen) atoms. The molecule has 102 valence electrons. The van der Waals surface area contributed by atoms with Crippen LogP contribution in [0.3, 0.4) is 0 Å². The van der Waals surface area contributed by atoms with Crippen LogP contribution in [0.25, 0.3) is 0 Å². The van der Waals surface area contributed by atoms with Crippen LogP contribution in [0, 0.1) is 12.7 Å². The fourth-order valence-electron chi connectivity index (χ4n) is 1.45. The van der Waals surface area contributed by atoms with Crippen molar-refractivity contribution in [3.05, 3.63) is 29.6 Å². The Morgan fingerprint density at radius 2 is 2.06 bits per heavy atom. The normalized spacial score (nSPS) is 13.9. The highest BCUT2D eigenvalue weighted by Crippen LogP contribution is 2.18. The van der Waals surface area contributed by atoms with Crippen LogP contribution < -0.4 is 0 Å². The van der Waals surface area contributed by atoms with Crippen LogP contribution in [0.2, 0.25) is 0 Å². The molecule has 1 rings (SSSR count). The Morgan fingerprint density at radius 1 is 1.44 bits per heavy atom. The SMILES string of the molecule is Cc1cc(S(=O)(=O)N(C)CCC(C)O)ccc1F. The van der Waals surface area contributed by atoms with E-state index in [9.17, 15) is 12.8 Å². The number of halogens is 1. The van der Waals surface area contributed by atoms with Gasteiger partial charge in [-0.1, -0.05) is 0 Å². The van der Waals surface area contributed by atoms with Crippen molar-refractivity contribution in [2.45, 2.75) is 31.3 Å². The third-order valence-electron chi connectivity index (χ3n) is 2.70. The highest BCUT2D eigenvalue weighted by atomic mass is 32.2. The second-order valence-electron chi connectivity index (χ2n) is 4.38. The van der Waals surface area contributed by atoms with E-state index in [4.69, 9.17) is 5.11 Å². The van der Waals surface area contributed by atoms with Gasteiger partial charge in [-0.25, -0.2) is 17.1 Å². The first kappa shape index (κ1) is 15.1. The second-order valence-corrected chi connectivity index (χ2v) is 6.42. The highest BCUT2D eigenvalue weighted by Gasteiger charge is 2.21. The average molecular weight is 275 g/mol. The molecular weight excluding hydrogens is 257 g/mol. The Balaban J connectivity index is 2.95. The summed E-state index contributed by atoms with van der Waals surface area (Å²) in [5.74, 6) is -0.430. The molecule has 1 N–H and O–H groups in total. The van der Waals surface area contributed by atoms with Gasteiger partial charge in [0.25, 0.3) is 0 Å². The summed E-state index contributed by atoms with van der Waals surface area (Å²) >= 11 is 0. The van der Waals surface area contributed by atoms with Crippen molar-refractivity contribution in [3.8, 4) is 0 Å². The first-order valence-corrected chi connectivity index (χ1v) is 7.09. The molecular formula is C12H18FNO3S. The fraction of sp³-hybridized carbons (Fsp3) is 0.500. The van der Waals surface area contributed by atoms with E-state index in [0.717, 1.165) is 10.4 Å². The summed E-state index contributed by atoms with van der Waals surface area (Å²) in [6, 6.07) is 3.70. The number of hydrogen-bond donors (Lipinski definition) is 1. The average Bonchev–Trinajstić information content (AvgIpc) is 2.29. The van der Waals surface area contributed by atoms with Crippen molar-refractivity contribution in [3.63, 3.8) is 0 Å². The summed E-state index contributed by atoms with van der Waals surface area (Å²) in [6.07, 6.45) is -0.201.